The fourth-order valence-electron chi connectivity index (χ4n) is 1.71. The third-order valence-corrected chi connectivity index (χ3v) is 3.65. The number of amides is 1. The number of rotatable bonds is 6. The van der Waals surface area contributed by atoms with Crippen molar-refractivity contribution < 1.29 is 9.90 Å². The fraction of sp³-hybridized carbons (Fsp3) is 0.667. The van der Waals surface area contributed by atoms with Crippen LogP contribution in [0.25, 0.3) is 0 Å². The zero-order valence-electron chi connectivity index (χ0n) is 11.3. The number of hydrogen-bond donors (Lipinski definition) is 3. The molecule has 0 radical (unpaired) electrons. The van der Waals surface area contributed by atoms with Crippen LogP contribution in [0.2, 0.25) is 0 Å². The zero-order chi connectivity index (χ0) is 13.8. The molecule has 102 valence electrons. The minimum Gasteiger partial charge on any atom is -0.387 e. The van der Waals surface area contributed by atoms with E-state index in [0.29, 0.717) is 12.2 Å². The molecule has 0 aliphatic heterocycles. The predicted molar refractivity (Wildman–Crippen MR) is 73.8 cm³/mol. The molecule has 0 saturated heterocycles. The van der Waals surface area contributed by atoms with Gasteiger partial charge in [0.2, 0.25) is 5.91 Å². The Morgan fingerprint density at radius 3 is 2.72 bits per heavy atom. The fourth-order valence-corrected chi connectivity index (χ4v) is 2.43. The van der Waals surface area contributed by atoms with E-state index in [-0.39, 0.29) is 12.5 Å². The molecule has 1 rings (SSSR count). The Morgan fingerprint density at radius 2 is 2.22 bits per heavy atom. The molecule has 1 amide bonds. The van der Waals surface area contributed by atoms with Gasteiger partial charge in [0.25, 0.3) is 0 Å². The molecule has 1 atom stereocenters. The molecule has 0 aliphatic rings. The van der Waals surface area contributed by atoms with Crippen molar-refractivity contribution in [3.63, 3.8) is 0 Å². The molecule has 0 fully saturated rings. The Labute approximate surface area is 112 Å². The number of aromatic amines is 1. The number of carbonyl (C=O) groups excluding carboxylic acids is 1. The monoisotopic (exact) mass is 271 g/mol. The predicted octanol–water partition coefficient (Wildman–Crippen LogP) is 0.799. The molecule has 1 aromatic rings. The first-order chi connectivity index (χ1) is 8.35. The van der Waals surface area contributed by atoms with E-state index in [2.05, 4.69) is 15.5 Å². The van der Waals surface area contributed by atoms with Crippen LogP contribution in [0.1, 0.15) is 23.9 Å². The molecular formula is C12H21N3O2S. The number of thioether (sulfide) groups is 1. The van der Waals surface area contributed by atoms with Crippen molar-refractivity contribution in [1.82, 2.24) is 15.5 Å². The normalized spacial score (nSPS) is 14.3. The number of nitrogens with zero attached hydrogens (tertiary/aromatic N) is 1. The van der Waals surface area contributed by atoms with E-state index in [1.807, 2.05) is 20.1 Å². The van der Waals surface area contributed by atoms with Crippen LogP contribution in [0.3, 0.4) is 0 Å². The summed E-state index contributed by atoms with van der Waals surface area (Å²) >= 11 is 1.55. The summed E-state index contributed by atoms with van der Waals surface area (Å²) in [6.07, 6.45) is 2.22. The van der Waals surface area contributed by atoms with Crippen LogP contribution in [0.4, 0.5) is 0 Å². The summed E-state index contributed by atoms with van der Waals surface area (Å²) in [5.74, 6) is 0.501. The Morgan fingerprint density at radius 1 is 1.56 bits per heavy atom. The lowest BCUT2D eigenvalue weighted by Gasteiger charge is -2.22. The summed E-state index contributed by atoms with van der Waals surface area (Å²) in [7, 11) is 0. The molecular weight excluding hydrogens is 250 g/mol. The molecule has 0 spiro atoms. The Hall–Kier alpha value is -1.01. The lowest BCUT2D eigenvalue weighted by molar-refractivity contribution is -0.121. The first-order valence-corrected chi connectivity index (χ1v) is 7.23. The standard InChI is InChI=1S/C12H21N3O2S/c1-8-10(9(2)15-14-8)5-11(16)13-6-12(3,17)7-18-4/h17H,5-7H2,1-4H3,(H,13,16)(H,14,15). The van der Waals surface area contributed by atoms with Crippen LogP contribution in [-0.4, -0.2) is 45.4 Å². The maximum atomic E-state index is 11.8. The van der Waals surface area contributed by atoms with Crippen molar-refractivity contribution in [2.75, 3.05) is 18.6 Å². The maximum absolute atomic E-state index is 11.8. The number of nitrogens with one attached hydrogen (secondary N) is 2. The van der Waals surface area contributed by atoms with Gasteiger partial charge in [-0.3, -0.25) is 9.89 Å². The van der Waals surface area contributed by atoms with Crippen LogP contribution in [-0.2, 0) is 11.2 Å². The van der Waals surface area contributed by atoms with Crippen LogP contribution in [0.5, 0.6) is 0 Å². The van der Waals surface area contributed by atoms with Gasteiger partial charge >= 0.3 is 0 Å². The van der Waals surface area contributed by atoms with Crippen LogP contribution >= 0.6 is 11.8 Å². The zero-order valence-corrected chi connectivity index (χ0v) is 12.1. The van der Waals surface area contributed by atoms with E-state index in [9.17, 15) is 9.90 Å². The smallest absolute Gasteiger partial charge is 0.224 e. The molecule has 18 heavy (non-hydrogen) atoms. The number of hydrogen-bond acceptors (Lipinski definition) is 4. The number of aryl methyl sites for hydroxylation is 2. The molecule has 0 aliphatic carbocycles. The van der Waals surface area contributed by atoms with Gasteiger partial charge in [-0.1, -0.05) is 0 Å². The van der Waals surface area contributed by atoms with Gasteiger partial charge in [0.15, 0.2) is 0 Å². The summed E-state index contributed by atoms with van der Waals surface area (Å²) in [5, 5.41) is 19.6. The van der Waals surface area contributed by atoms with Crippen LogP contribution in [0.15, 0.2) is 0 Å². The lowest BCUT2D eigenvalue weighted by atomic mass is 10.1. The number of aromatic nitrogens is 2. The van der Waals surface area contributed by atoms with Crippen LogP contribution in [0, 0.1) is 13.8 Å². The van der Waals surface area contributed by atoms with Gasteiger partial charge in [-0.25, -0.2) is 0 Å². The second-order valence-electron chi connectivity index (χ2n) is 4.80. The highest BCUT2D eigenvalue weighted by Gasteiger charge is 2.21. The highest BCUT2D eigenvalue weighted by atomic mass is 32.2. The summed E-state index contributed by atoms with van der Waals surface area (Å²) in [4.78, 5) is 11.8. The van der Waals surface area contributed by atoms with Gasteiger partial charge in [0.05, 0.1) is 17.7 Å². The number of aliphatic hydroxyl groups is 1. The van der Waals surface area contributed by atoms with E-state index in [1.165, 1.54) is 0 Å². The Balaban J connectivity index is 2.48. The summed E-state index contributed by atoms with van der Waals surface area (Å²) < 4.78 is 0. The lowest BCUT2D eigenvalue weighted by Crippen LogP contribution is -2.43. The van der Waals surface area contributed by atoms with E-state index >= 15 is 0 Å². The van der Waals surface area contributed by atoms with Gasteiger partial charge in [-0.15, -0.1) is 0 Å². The van der Waals surface area contributed by atoms with Crippen molar-refractivity contribution in [2.45, 2.75) is 32.8 Å². The Bertz CT molecular complexity index is 396. The van der Waals surface area contributed by atoms with Gasteiger partial charge < -0.3 is 10.4 Å². The van der Waals surface area contributed by atoms with E-state index < -0.39 is 5.60 Å². The maximum Gasteiger partial charge on any atom is 0.224 e. The highest BCUT2D eigenvalue weighted by molar-refractivity contribution is 7.98. The van der Waals surface area contributed by atoms with Gasteiger partial charge in [-0.05, 0) is 27.0 Å². The van der Waals surface area contributed by atoms with E-state index in [4.69, 9.17) is 0 Å². The minimum atomic E-state index is -0.866. The van der Waals surface area contributed by atoms with Crippen molar-refractivity contribution in [3.05, 3.63) is 17.0 Å². The number of carbonyl (C=O) groups is 1. The third kappa shape index (κ3) is 4.34. The van der Waals surface area contributed by atoms with E-state index in [0.717, 1.165) is 17.0 Å². The molecule has 0 bridgehead atoms. The molecule has 1 aromatic heterocycles. The van der Waals surface area contributed by atoms with E-state index in [1.54, 1.807) is 18.7 Å². The van der Waals surface area contributed by atoms with Crippen LogP contribution < -0.4 is 5.32 Å². The topological polar surface area (TPSA) is 78.0 Å². The Kier molecular flexibility index (Phi) is 5.22. The molecule has 1 unspecified atom stereocenters. The molecule has 1 heterocycles. The van der Waals surface area contributed by atoms with Crippen molar-refractivity contribution in [1.29, 1.82) is 0 Å². The van der Waals surface area contributed by atoms with Crippen molar-refractivity contribution in [2.24, 2.45) is 0 Å². The summed E-state index contributed by atoms with van der Waals surface area (Å²) in [6.45, 7) is 5.75. The second-order valence-corrected chi connectivity index (χ2v) is 5.66. The highest BCUT2D eigenvalue weighted by Crippen LogP contribution is 2.11. The average molecular weight is 271 g/mol. The quantitative estimate of drug-likeness (QED) is 0.715. The average Bonchev–Trinajstić information content (AvgIpc) is 2.58. The summed E-state index contributed by atoms with van der Waals surface area (Å²) in [5.41, 5.74) is 1.82. The third-order valence-electron chi connectivity index (χ3n) is 2.74. The first-order valence-electron chi connectivity index (χ1n) is 5.84. The van der Waals surface area contributed by atoms with Gasteiger partial charge in [0.1, 0.15) is 0 Å². The molecule has 5 nitrogen and oxygen atoms in total. The molecule has 6 heteroatoms. The second kappa shape index (κ2) is 6.24. The van der Waals surface area contributed by atoms with Crippen molar-refractivity contribution in [3.8, 4) is 0 Å². The molecule has 0 saturated carbocycles. The largest absolute Gasteiger partial charge is 0.387 e. The molecule has 3 N–H and O–H groups in total. The van der Waals surface area contributed by atoms with Gasteiger partial charge in [-0.2, -0.15) is 16.9 Å². The SMILES string of the molecule is CSCC(C)(O)CNC(=O)Cc1c(C)n[nH]c1C. The van der Waals surface area contributed by atoms with Gasteiger partial charge in [0, 0.05) is 23.6 Å². The minimum absolute atomic E-state index is 0.0935. The molecule has 0 aromatic carbocycles. The number of H-pyrrole nitrogens is 1. The summed E-state index contributed by atoms with van der Waals surface area (Å²) in [6, 6.07) is 0. The first kappa shape index (κ1) is 15.0. The van der Waals surface area contributed by atoms with Crippen molar-refractivity contribution >= 4 is 17.7 Å².